The molecule has 0 heterocycles. The predicted octanol–water partition coefficient (Wildman–Crippen LogP) is 3.58. The third-order valence-corrected chi connectivity index (χ3v) is 2.90. The van der Waals surface area contributed by atoms with E-state index in [2.05, 4.69) is 24.3 Å². The molecule has 0 fully saturated rings. The van der Waals surface area contributed by atoms with Crippen molar-refractivity contribution in [2.75, 3.05) is 20.8 Å². The van der Waals surface area contributed by atoms with E-state index in [1.54, 1.807) is 14.2 Å². The maximum absolute atomic E-state index is 5.09. The van der Waals surface area contributed by atoms with Gasteiger partial charge >= 0.3 is 0 Å². The monoisotopic (exact) mass is 236 g/mol. The van der Waals surface area contributed by atoms with Gasteiger partial charge in [0.05, 0.1) is 6.61 Å². The van der Waals surface area contributed by atoms with Gasteiger partial charge in [-0.25, -0.2) is 0 Å². The Bertz CT molecular complexity index is 279. The highest BCUT2D eigenvalue weighted by molar-refractivity contribution is 5.22. The standard InChI is InChI=1S/C15H24O2/c1-16-12-6-4-3-5-7-14-8-10-15(11-9-14)13-17-2/h8-11H,3-7,12-13H2,1-2H3. The molecule has 0 amide bonds. The zero-order chi connectivity index (χ0) is 12.3. The zero-order valence-corrected chi connectivity index (χ0v) is 11.1. The van der Waals surface area contributed by atoms with Crippen LogP contribution in [0.4, 0.5) is 0 Å². The van der Waals surface area contributed by atoms with Gasteiger partial charge in [0.1, 0.15) is 0 Å². The lowest BCUT2D eigenvalue weighted by molar-refractivity contribution is 0.185. The first-order valence-electron chi connectivity index (χ1n) is 6.42. The van der Waals surface area contributed by atoms with E-state index in [1.165, 1.54) is 43.2 Å². The van der Waals surface area contributed by atoms with Gasteiger partial charge in [-0.2, -0.15) is 0 Å². The summed E-state index contributed by atoms with van der Waals surface area (Å²) in [6.07, 6.45) is 6.20. The number of hydrogen-bond acceptors (Lipinski definition) is 2. The Kier molecular flexibility index (Phi) is 7.69. The lowest BCUT2D eigenvalue weighted by Crippen LogP contribution is -1.91. The molecule has 17 heavy (non-hydrogen) atoms. The van der Waals surface area contributed by atoms with E-state index in [4.69, 9.17) is 9.47 Å². The van der Waals surface area contributed by atoms with Crippen molar-refractivity contribution in [2.24, 2.45) is 0 Å². The summed E-state index contributed by atoms with van der Waals surface area (Å²) in [6.45, 7) is 1.60. The molecular weight excluding hydrogens is 212 g/mol. The molecule has 0 bridgehead atoms. The molecule has 0 atom stereocenters. The molecule has 0 aliphatic rings. The molecule has 0 unspecified atom stereocenters. The molecule has 0 N–H and O–H groups in total. The minimum Gasteiger partial charge on any atom is -0.385 e. The van der Waals surface area contributed by atoms with Crippen molar-refractivity contribution in [2.45, 2.75) is 38.7 Å². The lowest BCUT2D eigenvalue weighted by Gasteiger charge is -2.04. The van der Waals surface area contributed by atoms with E-state index in [0.29, 0.717) is 6.61 Å². The first kappa shape index (κ1) is 14.2. The van der Waals surface area contributed by atoms with Gasteiger partial charge in [-0.05, 0) is 30.4 Å². The van der Waals surface area contributed by atoms with Crippen LogP contribution in [-0.2, 0) is 22.5 Å². The molecule has 2 heteroatoms. The molecule has 0 saturated carbocycles. The van der Waals surface area contributed by atoms with E-state index >= 15 is 0 Å². The summed E-state index contributed by atoms with van der Waals surface area (Å²) < 4.78 is 10.1. The lowest BCUT2D eigenvalue weighted by atomic mass is 10.0. The fourth-order valence-corrected chi connectivity index (χ4v) is 1.90. The second-order valence-electron chi connectivity index (χ2n) is 4.41. The smallest absolute Gasteiger partial charge is 0.0713 e. The van der Waals surface area contributed by atoms with Gasteiger partial charge in [-0.1, -0.05) is 37.1 Å². The molecule has 0 aromatic heterocycles. The van der Waals surface area contributed by atoms with Crippen LogP contribution >= 0.6 is 0 Å². The Labute approximate surface area is 105 Å². The third kappa shape index (κ3) is 6.44. The van der Waals surface area contributed by atoms with Crippen LogP contribution in [0.1, 0.15) is 36.8 Å². The Morgan fingerprint density at radius 2 is 1.41 bits per heavy atom. The number of hydrogen-bond donors (Lipinski definition) is 0. The van der Waals surface area contributed by atoms with Gasteiger partial charge < -0.3 is 9.47 Å². The van der Waals surface area contributed by atoms with Crippen molar-refractivity contribution in [3.05, 3.63) is 35.4 Å². The maximum Gasteiger partial charge on any atom is 0.0713 e. The molecule has 1 aromatic carbocycles. The first-order chi connectivity index (χ1) is 8.36. The molecule has 2 nitrogen and oxygen atoms in total. The van der Waals surface area contributed by atoms with Crippen LogP contribution in [0, 0.1) is 0 Å². The van der Waals surface area contributed by atoms with E-state index in [-0.39, 0.29) is 0 Å². The SMILES string of the molecule is COCCCCCCc1ccc(COC)cc1. The van der Waals surface area contributed by atoms with Crippen molar-refractivity contribution in [3.63, 3.8) is 0 Å². The van der Waals surface area contributed by atoms with Crippen LogP contribution in [0.5, 0.6) is 0 Å². The summed E-state index contributed by atoms with van der Waals surface area (Å²) in [5.41, 5.74) is 2.67. The molecule has 96 valence electrons. The van der Waals surface area contributed by atoms with Crippen molar-refractivity contribution >= 4 is 0 Å². The van der Waals surface area contributed by atoms with Crippen LogP contribution in [0.2, 0.25) is 0 Å². The third-order valence-electron chi connectivity index (χ3n) is 2.90. The molecule has 0 aliphatic heterocycles. The van der Waals surface area contributed by atoms with Crippen molar-refractivity contribution in [1.29, 1.82) is 0 Å². The average Bonchev–Trinajstić information content (AvgIpc) is 2.36. The van der Waals surface area contributed by atoms with Crippen molar-refractivity contribution < 1.29 is 9.47 Å². The highest BCUT2D eigenvalue weighted by Gasteiger charge is 1.95. The van der Waals surface area contributed by atoms with Crippen molar-refractivity contribution in [1.82, 2.24) is 0 Å². The molecule has 0 saturated heterocycles. The predicted molar refractivity (Wildman–Crippen MR) is 71.2 cm³/mol. The highest BCUT2D eigenvalue weighted by Crippen LogP contribution is 2.10. The average molecular weight is 236 g/mol. The summed E-state index contributed by atoms with van der Waals surface area (Å²) in [5, 5.41) is 0. The number of methoxy groups -OCH3 is 2. The quantitative estimate of drug-likeness (QED) is 0.610. The number of benzene rings is 1. The molecular formula is C15H24O2. The largest absolute Gasteiger partial charge is 0.385 e. The Balaban J connectivity index is 2.14. The number of aryl methyl sites for hydroxylation is 1. The molecule has 1 aromatic rings. The summed E-state index contributed by atoms with van der Waals surface area (Å²) in [4.78, 5) is 0. The van der Waals surface area contributed by atoms with Crippen LogP contribution in [-0.4, -0.2) is 20.8 Å². The van der Waals surface area contributed by atoms with E-state index in [0.717, 1.165) is 6.61 Å². The Morgan fingerprint density at radius 1 is 0.765 bits per heavy atom. The van der Waals surface area contributed by atoms with Crippen LogP contribution in [0.3, 0.4) is 0 Å². The van der Waals surface area contributed by atoms with Gasteiger partial charge in [0.25, 0.3) is 0 Å². The second kappa shape index (κ2) is 9.20. The fraction of sp³-hybridized carbons (Fsp3) is 0.600. The van der Waals surface area contributed by atoms with Gasteiger partial charge in [0, 0.05) is 20.8 Å². The summed E-state index contributed by atoms with van der Waals surface area (Å²) in [5.74, 6) is 0. The van der Waals surface area contributed by atoms with E-state index in [9.17, 15) is 0 Å². The topological polar surface area (TPSA) is 18.5 Å². The zero-order valence-electron chi connectivity index (χ0n) is 11.1. The van der Waals surface area contributed by atoms with E-state index in [1.807, 2.05) is 0 Å². The van der Waals surface area contributed by atoms with Gasteiger partial charge in [-0.15, -0.1) is 0 Å². The molecule has 0 aliphatic carbocycles. The normalized spacial score (nSPS) is 10.7. The van der Waals surface area contributed by atoms with Gasteiger partial charge in [0.15, 0.2) is 0 Å². The van der Waals surface area contributed by atoms with Gasteiger partial charge in [0.2, 0.25) is 0 Å². The van der Waals surface area contributed by atoms with Crippen LogP contribution < -0.4 is 0 Å². The second-order valence-corrected chi connectivity index (χ2v) is 4.41. The molecule has 0 radical (unpaired) electrons. The Morgan fingerprint density at radius 3 is 2.06 bits per heavy atom. The number of unbranched alkanes of at least 4 members (excludes halogenated alkanes) is 3. The first-order valence-corrected chi connectivity index (χ1v) is 6.42. The number of rotatable bonds is 9. The molecule has 1 rings (SSSR count). The minimum absolute atomic E-state index is 0.706. The van der Waals surface area contributed by atoms with E-state index < -0.39 is 0 Å². The number of ether oxygens (including phenoxy) is 2. The molecule has 0 spiro atoms. The van der Waals surface area contributed by atoms with Gasteiger partial charge in [-0.3, -0.25) is 0 Å². The minimum atomic E-state index is 0.706. The van der Waals surface area contributed by atoms with Crippen LogP contribution in [0.15, 0.2) is 24.3 Å². The Hall–Kier alpha value is -0.860. The summed E-state index contributed by atoms with van der Waals surface area (Å²) >= 11 is 0. The summed E-state index contributed by atoms with van der Waals surface area (Å²) in [6, 6.07) is 8.74. The summed E-state index contributed by atoms with van der Waals surface area (Å²) in [7, 11) is 3.50. The maximum atomic E-state index is 5.09. The highest BCUT2D eigenvalue weighted by atomic mass is 16.5. The van der Waals surface area contributed by atoms with Crippen molar-refractivity contribution in [3.8, 4) is 0 Å². The van der Waals surface area contributed by atoms with Crippen LogP contribution in [0.25, 0.3) is 0 Å². The fourth-order valence-electron chi connectivity index (χ4n) is 1.90.